The molecule has 0 aliphatic rings. The summed E-state index contributed by atoms with van der Waals surface area (Å²) in [7, 11) is 5.74. The summed E-state index contributed by atoms with van der Waals surface area (Å²) >= 11 is 0. The second kappa shape index (κ2) is 14.4. The number of hydrogen-bond donors (Lipinski definition) is 1. The Kier molecular flexibility index (Phi) is 13.5. The minimum Gasteiger partial charge on any atom is -0.550 e. The first-order valence-corrected chi connectivity index (χ1v) is 9.83. The van der Waals surface area contributed by atoms with Crippen LogP contribution in [-0.2, 0) is 14.3 Å². The van der Waals surface area contributed by atoms with Gasteiger partial charge in [-0.1, -0.05) is 44.1 Å². The highest BCUT2D eigenvalue weighted by Crippen LogP contribution is 2.11. The molecule has 1 N–H and O–H groups in total. The predicted octanol–water partition coefficient (Wildman–Crippen LogP) is 1.97. The quantitative estimate of drug-likeness (QED) is 0.202. The number of aliphatic hydroxyl groups is 1. The van der Waals surface area contributed by atoms with E-state index in [4.69, 9.17) is 4.74 Å². The molecule has 0 aliphatic heterocycles. The minimum absolute atomic E-state index is 0.262. The number of aliphatic hydroxyl groups excluding tert-OH is 1. The molecule has 6 heteroatoms. The van der Waals surface area contributed by atoms with Gasteiger partial charge in [-0.2, -0.15) is 0 Å². The summed E-state index contributed by atoms with van der Waals surface area (Å²) in [6, 6.07) is 0. The number of ether oxygens (including phenoxy) is 1. The highest BCUT2D eigenvalue weighted by molar-refractivity contribution is 5.70. The van der Waals surface area contributed by atoms with Crippen LogP contribution in [0.15, 0.2) is 24.3 Å². The van der Waals surface area contributed by atoms with E-state index in [9.17, 15) is 19.8 Å². The number of esters is 1. The lowest BCUT2D eigenvalue weighted by Crippen LogP contribution is -2.45. The van der Waals surface area contributed by atoms with E-state index < -0.39 is 12.1 Å². The van der Waals surface area contributed by atoms with E-state index >= 15 is 0 Å². The largest absolute Gasteiger partial charge is 0.550 e. The SMILES string of the molecule is CC/C=C/C=C/CC(O)CCCCCC(=O)OC(CC(=O)[O-])C[N+](C)(C)C. The molecule has 0 aromatic carbocycles. The Morgan fingerprint density at radius 3 is 2.37 bits per heavy atom. The fourth-order valence-corrected chi connectivity index (χ4v) is 2.66. The van der Waals surface area contributed by atoms with Gasteiger partial charge in [0.15, 0.2) is 6.10 Å². The van der Waals surface area contributed by atoms with Crippen LogP contribution in [0.25, 0.3) is 0 Å². The third kappa shape index (κ3) is 17.5. The van der Waals surface area contributed by atoms with E-state index in [0.29, 0.717) is 30.3 Å². The lowest BCUT2D eigenvalue weighted by atomic mass is 10.1. The van der Waals surface area contributed by atoms with Crippen LogP contribution in [0.2, 0.25) is 0 Å². The third-order valence-electron chi connectivity index (χ3n) is 3.89. The molecule has 0 amide bonds. The number of carboxylic acids is 1. The van der Waals surface area contributed by atoms with Crippen LogP contribution in [-0.4, -0.2) is 61.4 Å². The van der Waals surface area contributed by atoms with Crippen molar-refractivity contribution in [3.63, 3.8) is 0 Å². The number of carboxylic acid groups (broad SMARTS) is 1. The topological polar surface area (TPSA) is 86.7 Å². The molecular formula is C21H37NO5. The van der Waals surface area contributed by atoms with Crippen LogP contribution in [0.5, 0.6) is 0 Å². The summed E-state index contributed by atoms with van der Waals surface area (Å²) in [5, 5.41) is 20.7. The van der Waals surface area contributed by atoms with E-state index in [2.05, 4.69) is 13.0 Å². The van der Waals surface area contributed by atoms with Crippen LogP contribution in [0.4, 0.5) is 0 Å². The number of aliphatic carboxylic acids is 1. The normalized spacial score (nSPS) is 14.6. The molecule has 2 unspecified atom stereocenters. The maximum absolute atomic E-state index is 11.9. The van der Waals surface area contributed by atoms with Crippen molar-refractivity contribution in [2.45, 2.75) is 70.5 Å². The monoisotopic (exact) mass is 383 g/mol. The third-order valence-corrected chi connectivity index (χ3v) is 3.89. The molecule has 0 heterocycles. The van der Waals surface area contributed by atoms with Crippen molar-refractivity contribution in [2.75, 3.05) is 27.7 Å². The number of hydrogen-bond acceptors (Lipinski definition) is 5. The number of nitrogens with zero attached hydrogens (tertiary/aromatic N) is 1. The van der Waals surface area contributed by atoms with Gasteiger partial charge in [0.25, 0.3) is 0 Å². The number of unbranched alkanes of at least 4 members (excludes halogenated alkanes) is 2. The van der Waals surface area contributed by atoms with Gasteiger partial charge in [0.2, 0.25) is 0 Å². The molecule has 156 valence electrons. The first-order valence-electron chi connectivity index (χ1n) is 9.83. The van der Waals surface area contributed by atoms with Gasteiger partial charge in [-0.3, -0.25) is 4.79 Å². The van der Waals surface area contributed by atoms with Crippen molar-refractivity contribution in [1.82, 2.24) is 0 Å². The number of carbonyl (C=O) groups excluding carboxylic acids is 2. The molecule has 27 heavy (non-hydrogen) atoms. The summed E-state index contributed by atoms with van der Waals surface area (Å²) in [6.45, 7) is 2.50. The fraction of sp³-hybridized carbons (Fsp3) is 0.714. The Hall–Kier alpha value is -1.66. The number of likely N-dealkylation sites (N-methyl/N-ethyl adjacent to an activating group) is 1. The van der Waals surface area contributed by atoms with Crippen molar-refractivity contribution in [3.8, 4) is 0 Å². The van der Waals surface area contributed by atoms with Crippen molar-refractivity contribution in [1.29, 1.82) is 0 Å². The zero-order chi connectivity index (χ0) is 20.7. The zero-order valence-electron chi connectivity index (χ0n) is 17.4. The Labute approximate surface area is 164 Å². The van der Waals surface area contributed by atoms with Crippen molar-refractivity contribution in [3.05, 3.63) is 24.3 Å². The van der Waals surface area contributed by atoms with Gasteiger partial charge in [-0.05, 0) is 25.7 Å². The summed E-state index contributed by atoms with van der Waals surface area (Å²) in [5.74, 6) is -1.59. The molecule has 0 radical (unpaired) electrons. The molecule has 0 spiro atoms. The summed E-state index contributed by atoms with van der Waals surface area (Å²) in [5.41, 5.74) is 0. The Bertz CT molecular complexity index is 479. The van der Waals surface area contributed by atoms with E-state index in [0.717, 1.165) is 19.3 Å². The molecule has 2 atom stereocenters. The van der Waals surface area contributed by atoms with Gasteiger partial charge in [0.05, 0.1) is 27.2 Å². The van der Waals surface area contributed by atoms with Gasteiger partial charge in [-0.15, -0.1) is 0 Å². The van der Waals surface area contributed by atoms with E-state index in [-0.39, 0.29) is 24.9 Å². The van der Waals surface area contributed by atoms with Crippen molar-refractivity contribution in [2.24, 2.45) is 0 Å². The van der Waals surface area contributed by atoms with Crippen LogP contribution in [0, 0.1) is 0 Å². The first kappa shape index (κ1) is 25.3. The van der Waals surface area contributed by atoms with Gasteiger partial charge in [-0.25, -0.2) is 0 Å². The Morgan fingerprint density at radius 1 is 1.11 bits per heavy atom. The predicted molar refractivity (Wildman–Crippen MR) is 105 cm³/mol. The van der Waals surface area contributed by atoms with Crippen LogP contribution < -0.4 is 5.11 Å². The summed E-state index contributed by atoms with van der Waals surface area (Å²) < 4.78 is 5.82. The Balaban J connectivity index is 3.98. The number of allylic oxidation sites excluding steroid dienone is 3. The minimum atomic E-state index is -1.21. The maximum Gasteiger partial charge on any atom is 0.306 e. The molecule has 0 aliphatic carbocycles. The summed E-state index contributed by atoms with van der Waals surface area (Å²) in [6.07, 6.45) is 11.6. The maximum atomic E-state index is 11.9. The van der Waals surface area contributed by atoms with Gasteiger partial charge < -0.3 is 24.2 Å². The lowest BCUT2D eigenvalue weighted by molar-refractivity contribution is -0.873. The molecule has 6 nitrogen and oxygen atoms in total. The van der Waals surface area contributed by atoms with Crippen LogP contribution >= 0.6 is 0 Å². The van der Waals surface area contributed by atoms with Crippen molar-refractivity contribution < 1.29 is 29.0 Å². The van der Waals surface area contributed by atoms with Crippen LogP contribution in [0.1, 0.15) is 58.3 Å². The fourth-order valence-electron chi connectivity index (χ4n) is 2.66. The summed E-state index contributed by atoms with van der Waals surface area (Å²) in [4.78, 5) is 22.8. The highest BCUT2D eigenvalue weighted by Gasteiger charge is 2.22. The molecule has 0 rings (SSSR count). The second-order valence-corrected chi connectivity index (χ2v) is 7.91. The van der Waals surface area contributed by atoms with Gasteiger partial charge in [0.1, 0.15) is 6.54 Å². The standard InChI is InChI=1S/C21H37NO5/c1-5-6-7-8-10-13-18(23)14-11-9-12-15-21(26)27-19(16-20(24)25)17-22(2,3)4/h6-8,10,18-19,23H,5,9,11-17H2,1-4H3/b7-6+,10-8+. The smallest absolute Gasteiger partial charge is 0.306 e. The molecule has 0 saturated carbocycles. The van der Waals surface area contributed by atoms with Crippen molar-refractivity contribution >= 4 is 11.9 Å². The molecule has 0 saturated heterocycles. The van der Waals surface area contributed by atoms with E-state index in [1.54, 1.807) is 0 Å². The van der Waals surface area contributed by atoms with Gasteiger partial charge in [0, 0.05) is 18.8 Å². The average Bonchev–Trinajstić information content (AvgIpc) is 2.52. The second-order valence-electron chi connectivity index (χ2n) is 7.91. The number of carbonyl (C=O) groups is 2. The molecule has 0 aromatic heterocycles. The van der Waals surface area contributed by atoms with Crippen LogP contribution in [0.3, 0.4) is 0 Å². The molecule has 0 aromatic rings. The van der Waals surface area contributed by atoms with E-state index in [1.807, 2.05) is 39.4 Å². The average molecular weight is 384 g/mol. The van der Waals surface area contributed by atoms with E-state index in [1.165, 1.54) is 0 Å². The first-order chi connectivity index (χ1) is 12.6. The number of quaternary nitrogens is 1. The number of rotatable bonds is 15. The van der Waals surface area contributed by atoms with Gasteiger partial charge >= 0.3 is 5.97 Å². The molecular weight excluding hydrogens is 346 g/mol. The Morgan fingerprint density at radius 2 is 1.78 bits per heavy atom. The molecule has 0 bridgehead atoms. The zero-order valence-corrected chi connectivity index (χ0v) is 17.4. The highest BCUT2D eigenvalue weighted by atomic mass is 16.5. The molecule has 0 fully saturated rings. The lowest BCUT2D eigenvalue weighted by Gasteiger charge is -2.29.